The predicted octanol–water partition coefficient (Wildman–Crippen LogP) is 4.10. The third-order valence-electron chi connectivity index (χ3n) is 3.56. The Bertz CT molecular complexity index is 910. The van der Waals surface area contributed by atoms with E-state index in [9.17, 15) is 13.2 Å². The fraction of sp³-hybridized carbons (Fsp3) is 0.316. The van der Waals surface area contributed by atoms with Crippen molar-refractivity contribution in [3.63, 3.8) is 0 Å². The average Bonchev–Trinajstić information content (AvgIpc) is 2.56. The Labute approximate surface area is 170 Å². The van der Waals surface area contributed by atoms with Gasteiger partial charge in [0.1, 0.15) is 0 Å². The van der Waals surface area contributed by atoms with E-state index in [0.717, 1.165) is 9.87 Å². The quantitative estimate of drug-likeness (QED) is 0.752. The maximum atomic E-state index is 13.1. The molecule has 0 aliphatic heterocycles. The average molecular weight is 429 g/mol. The minimum atomic E-state index is -3.96. The highest BCUT2D eigenvalue weighted by atomic mass is 35.5. The van der Waals surface area contributed by atoms with Crippen LogP contribution >= 0.6 is 23.2 Å². The first-order valence-electron chi connectivity index (χ1n) is 8.29. The maximum absolute atomic E-state index is 13.1. The molecule has 0 aliphatic rings. The SMILES string of the molecule is CC(C)(C)NC(=O)CN(Cc1ccccc1)S(=O)(=O)c1ccc(Cl)c(Cl)c1. The van der Waals surface area contributed by atoms with Gasteiger partial charge in [0, 0.05) is 12.1 Å². The highest BCUT2D eigenvalue weighted by Crippen LogP contribution is 2.27. The van der Waals surface area contributed by atoms with Gasteiger partial charge in [0.05, 0.1) is 21.5 Å². The number of nitrogens with one attached hydrogen (secondary N) is 1. The largest absolute Gasteiger partial charge is 0.350 e. The van der Waals surface area contributed by atoms with Crippen LogP contribution in [0.3, 0.4) is 0 Å². The molecule has 2 aromatic rings. The number of amides is 1. The Kier molecular flexibility index (Phi) is 6.92. The molecule has 0 atom stereocenters. The van der Waals surface area contributed by atoms with E-state index in [4.69, 9.17) is 23.2 Å². The zero-order valence-electron chi connectivity index (χ0n) is 15.4. The zero-order chi connectivity index (χ0) is 20.2. The highest BCUT2D eigenvalue weighted by molar-refractivity contribution is 7.89. The van der Waals surface area contributed by atoms with Crippen molar-refractivity contribution in [2.45, 2.75) is 37.8 Å². The van der Waals surface area contributed by atoms with E-state index < -0.39 is 15.6 Å². The number of benzene rings is 2. The summed E-state index contributed by atoms with van der Waals surface area (Å²) in [5.41, 5.74) is 0.299. The smallest absolute Gasteiger partial charge is 0.243 e. The number of halogens is 2. The molecule has 1 N–H and O–H groups in total. The van der Waals surface area contributed by atoms with E-state index in [1.807, 2.05) is 39.0 Å². The first kappa shape index (κ1) is 21.7. The van der Waals surface area contributed by atoms with Crippen LogP contribution in [0.1, 0.15) is 26.3 Å². The van der Waals surface area contributed by atoms with Crippen LogP contribution in [0.4, 0.5) is 0 Å². The molecule has 0 radical (unpaired) electrons. The molecule has 8 heteroatoms. The van der Waals surface area contributed by atoms with Gasteiger partial charge in [-0.05, 0) is 44.5 Å². The van der Waals surface area contributed by atoms with E-state index in [2.05, 4.69) is 5.32 Å². The fourth-order valence-corrected chi connectivity index (χ4v) is 4.19. The van der Waals surface area contributed by atoms with Gasteiger partial charge in [0.2, 0.25) is 15.9 Å². The first-order valence-corrected chi connectivity index (χ1v) is 10.5. The second kappa shape index (κ2) is 8.61. The van der Waals surface area contributed by atoms with Crippen LogP contribution in [-0.2, 0) is 21.4 Å². The molecular weight excluding hydrogens is 407 g/mol. The van der Waals surface area contributed by atoms with Crippen LogP contribution in [0, 0.1) is 0 Å². The second-order valence-corrected chi connectivity index (χ2v) is 9.89. The molecule has 0 saturated carbocycles. The van der Waals surface area contributed by atoms with Crippen molar-refractivity contribution in [2.24, 2.45) is 0 Å². The standard InChI is InChI=1S/C19H22Cl2N2O3S/c1-19(2,3)22-18(24)13-23(12-14-7-5-4-6-8-14)27(25,26)15-9-10-16(20)17(21)11-15/h4-11H,12-13H2,1-3H3,(H,22,24). The summed E-state index contributed by atoms with van der Waals surface area (Å²) in [6.07, 6.45) is 0. The molecule has 0 spiro atoms. The van der Waals surface area contributed by atoms with E-state index in [0.29, 0.717) is 0 Å². The second-order valence-electron chi connectivity index (χ2n) is 7.13. The number of carbonyl (C=O) groups is 1. The molecule has 0 heterocycles. The van der Waals surface area contributed by atoms with Gasteiger partial charge in [-0.1, -0.05) is 53.5 Å². The molecule has 0 saturated heterocycles. The molecule has 0 fully saturated rings. The summed E-state index contributed by atoms with van der Waals surface area (Å²) in [7, 11) is -3.96. The molecule has 27 heavy (non-hydrogen) atoms. The predicted molar refractivity (Wildman–Crippen MR) is 108 cm³/mol. The number of sulfonamides is 1. The lowest BCUT2D eigenvalue weighted by Gasteiger charge is -2.25. The van der Waals surface area contributed by atoms with E-state index in [-0.39, 0.29) is 33.9 Å². The van der Waals surface area contributed by atoms with Gasteiger partial charge in [-0.15, -0.1) is 0 Å². The topological polar surface area (TPSA) is 66.5 Å². The number of nitrogens with zero attached hydrogens (tertiary/aromatic N) is 1. The zero-order valence-corrected chi connectivity index (χ0v) is 17.7. The van der Waals surface area contributed by atoms with E-state index in [1.54, 1.807) is 12.1 Å². The minimum absolute atomic E-state index is 0.0172. The van der Waals surface area contributed by atoms with Crippen molar-refractivity contribution < 1.29 is 13.2 Å². The Hall–Kier alpha value is -1.60. The van der Waals surface area contributed by atoms with Crippen molar-refractivity contribution in [3.05, 3.63) is 64.1 Å². The van der Waals surface area contributed by atoms with Gasteiger partial charge in [-0.2, -0.15) is 4.31 Å². The van der Waals surface area contributed by atoms with Gasteiger partial charge in [-0.25, -0.2) is 8.42 Å². The first-order chi connectivity index (χ1) is 12.5. The van der Waals surface area contributed by atoms with Gasteiger partial charge < -0.3 is 5.32 Å². The number of hydrogen-bond donors (Lipinski definition) is 1. The molecule has 2 aromatic carbocycles. The lowest BCUT2D eigenvalue weighted by molar-refractivity contribution is -0.122. The Morgan fingerprint density at radius 3 is 2.22 bits per heavy atom. The monoisotopic (exact) mass is 428 g/mol. The lowest BCUT2D eigenvalue weighted by Crippen LogP contribution is -2.47. The van der Waals surface area contributed by atoms with Gasteiger partial charge in [-0.3, -0.25) is 4.79 Å². The number of rotatable bonds is 6. The molecule has 0 aromatic heterocycles. The molecule has 1 amide bonds. The third-order valence-corrected chi connectivity index (χ3v) is 6.09. The third kappa shape index (κ3) is 6.21. The highest BCUT2D eigenvalue weighted by Gasteiger charge is 2.28. The molecule has 0 bridgehead atoms. The molecule has 0 aliphatic carbocycles. The van der Waals surface area contributed by atoms with Crippen LogP contribution in [0.15, 0.2) is 53.4 Å². The van der Waals surface area contributed by atoms with E-state index in [1.165, 1.54) is 18.2 Å². The summed E-state index contributed by atoms with van der Waals surface area (Å²) >= 11 is 11.9. The summed E-state index contributed by atoms with van der Waals surface area (Å²) in [5.74, 6) is -0.387. The Balaban J connectivity index is 2.37. The van der Waals surface area contributed by atoms with Crippen LogP contribution in [-0.4, -0.2) is 30.7 Å². The molecule has 5 nitrogen and oxygen atoms in total. The lowest BCUT2D eigenvalue weighted by atomic mass is 10.1. The number of hydrogen-bond acceptors (Lipinski definition) is 3. The summed E-state index contributed by atoms with van der Waals surface area (Å²) < 4.78 is 27.4. The van der Waals surface area contributed by atoms with Crippen LogP contribution in [0.25, 0.3) is 0 Å². The summed E-state index contributed by atoms with van der Waals surface area (Å²) in [5, 5.41) is 3.18. The van der Waals surface area contributed by atoms with Crippen LogP contribution in [0.5, 0.6) is 0 Å². The summed E-state index contributed by atoms with van der Waals surface area (Å²) in [6.45, 7) is 5.25. The van der Waals surface area contributed by atoms with Crippen LogP contribution < -0.4 is 5.32 Å². The van der Waals surface area contributed by atoms with Crippen molar-refractivity contribution in [3.8, 4) is 0 Å². The van der Waals surface area contributed by atoms with Crippen LogP contribution in [0.2, 0.25) is 10.0 Å². The van der Waals surface area contributed by atoms with E-state index >= 15 is 0 Å². The molecular formula is C19H22Cl2N2O3S. The van der Waals surface area contributed by atoms with Gasteiger partial charge in [0.15, 0.2) is 0 Å². The minimum Gasteiger partial charge on any atom is -0.350 e. The van der Waals surface area contributed by atoms with Gasteiger partial charge in [0.25, 0.3) is 0 Å². The summed E-state index contributed by atoms with van der Waals surface area (Å²) in [6, 6.07) is 13.2. The Morgan fingerprint density at radius 2 is 1.67 bits per heavy atom. The fourth-order valence-electron chi connectivity index (χ4n) is 2.42. The number of carbonyl (C=O) groups excluding carboxylic acids is 1. The molecule has 2 rings (SSSR count). The van der Waals surface area contributed by atoms with Gasteiger partial charge >= 0.3 is 0 Å². The maximum Gasteiger partial charge on any atom is 0.243 e. The summed E-state index contributed by atoms with van der Waals surface area (Å²) in [4.78, 5) is 12.4. The normalized spacial score (nSPS) is 12.2. The molecule has 146 valence electrons. The van der Waals surface area contributed by atoms with Crippen molar-refractivity contribution >= 4 is 39.1 Å². The molecule has 0 unspecified atom stereocenters. The van der Waals surface area contributed by atoms with Crippen molar-refractivity contribution in [1.29, 1.82) is 0 Å². The Morgan fingerprint density at radius 1 is 1.04 bits per heavy atom. The van der Waals surface area contributed by atoms with Crippen molar-refractivity contribution in [1.82, 2.24) is 9.62 Å². The van der Waals surface area contributed by atoms with Crippen molar-refractivity contribution in [2.75, 3.05) is 6.54 Å².